The van der Waals surface area contributed by atoms with Crippen LogP contribution in [0.5, 0.6) is 0 Å². The second kappa shape index (κ2) is 7.91. The fourth-order valence-corrected chi connectivity index (χ4v) is 2.15. The minimum absolute atomic E-state index is 0.149. The highest BCUT2D eigenvalue weighted by atomic mass is 35.5. The van der Waals surface area contributed by atoms with E-state index in [1.54, 1.807) is 17.0 Å². The minimum Gasteiger partial charge on any atom is -0.338 e. The van der Waals surface area contributed by atoms with Crippen molar-refractivity contribution in [3.05, 3.63) is 41.0 Å². The lowest BCUT2D eigenvalue weighted by atomic mass is 10.3. The average Bonchev–Trinajstić information content (AvgIpc) is 2.89. The Kier molecular flexibility index (Phi) is 5.91. The molecule has 0 saturated heterocycles. The van der Waals surface area contributed by atoms with E-state index in [0.717, 1.165) is 12.8 Å². The molecule has 0 aliphatic heterocycles. The maximum Gasteiger partial charge on any atom is 0.240 e. The molecular weight excluding hydrogens is 304 g/mol. The van der Waals surface area contributed by atoms with Crippen LogP contribution in [0.4, 0.5) is 5.69 Å². The molecule has 2 rings (SSSR count). The zero-order valence-corrected chi connectivity index (χ0v) is 13.4. The predicted octanol–water partition coefficient (Wildman–Crippen LogP) is 2.75. The summed E-state index contributed by atoms with van der Waals surface area (Å²) in [4.78, 5) is 18.1. The molecule has 0 unspecified atom stereocenters. The molecule has 0 saturated carbocycles. The molecular formula is C15H19ClN4O2. The Balaban J connectivity index is 1.84. The van der Waals surface area contributed by atoms with Gasteiger partial charge >= 0.3 is 0 Å². The first kappa shape index (κ1) is 16.5. The van der Waals surface area contributed by atoms with Crippen LogP contribution in [0.1, 0.15) is 25.1 Å². The minimum atomic E-state index is -0.149. The van der Waals surface area contributed by atoms with Crippen molar-refractivity contribution in [3.8, 4) is 0 Å². The van der Waals surface area contributed by atoms with Crippen molar-refractivity contribution in [2.45, 2.75) is 26.3 Å². The summed E-state index contributed by atoms with van der Waals surface area (Å²) < 4.78 is 5.15. The first-order valence-corrected chi connectivity index (χ1v) is 7.50. The summed E-state index contributed by atoms with van der Waals surface area (Å²) in [5, 5.41) is 7.17. The Morgan fingerprint density at radius 1 is 1.41 bits per heavy atom. The molecule has 0 aliphatic carbocycles. The molecule has 1 N–H and O–H groups in total. The fraction of sp³-hybridized carbons (Fsp3) is 0.400. The van der Waals surface area contributed by atoms with E-state index < -0.39 is 0 Å². The van der Waals surface area contributed by atoms with Gasteiger partial charge in [0.1, 0.15) is 0 Å². The number of aromatic nitrogens is 2. The van der Waals surface area contributed by atoms with Crippen LogP contribution < -0.4 is 5.32 Å². The van der Waals surface area contributed by atoms with Crippen LogP contribution in [0.15, 0.2) is 28.8 Å². The quantitative estimate of drug-likeness (QED) is 0.848. The highest BCUT2D eigenvalue weighted by Crippen LogP contribution is 2.20. The number of nitrogens with one attached hydrogen (secondary N) is 1. The molecule has 0 atom stereocenters. The molecule has 1 aromatic carbocycles. The summed E-state index contributed by atoms with van der Waals surface area (Å²) in [6, 6.07) is 7.12. The van der Waals surface area contributed by atoms with Crippen molar-refractivity contribution in [1.82, 2.24) is 15.0 Å². The largest absolute Gasteiger partial charge is 0.338 e. The number of benzene rings is 1. The Morgan fingerprint density at radius 3 is 2.91 bits per heavy atom. The van der Waals surface area contributed by atoms with Gasteiger partial charge < -0.3 is 9.84 Å². The van der Waals surface area contributed by atoms with Crippen molar-refractivity contribution < 1.29 is 9.32 Å². The van der Waals surface area contributed by atoms with Crippen molar-refractivity contribution in [2.24, 2.45) is 0 Å². The summed E-state index contributed by atoms with van der Waals surface area (Å²) in [6.07, 6.45) is 1.76. The number of para-hydroxylation sites is 1. The maximum absolute atomic E-state index is 12.0. The monoisotopic (exact) mass is 322 g/mol. The number of likely N-dealkylation sites (N-methyl/N-ethyl adjacent to an activating group) is 1. The van der Waals surface area contributed by atoms with Gasteiger partial charge in [0.2, 0.25) is 11.8 Å². The lowest BCUT2D eigenvalue weighted by molar-refractivity contribution is -0.117. The van der Waals surface area contributed by atoms with Gasteiger partial charge in [0.05, 0.1) is 23.8 Å². The van der Waals surface area contributed by atoms with E-state index in [0.29, 0.717) is 29.0 Å². The third-order valence-electron chi connectivity index (χ3n) is 2.95. The van der Waals surface area contributed by atoms with Gasteiger partial charge in [-0.25, -0.2) is 0 Å². The van der Waals surface area contributed by atoms with E-state index in [1.165, 1.54) is 0 Å². The third-order valence-corrected chi connectivity index (χ3v) is 3.28. The third kappa shape index (κ3) is 4.82. The summed E-state index contributed by atoms with van der Waals surface area (Å²) in [5.74, 6) is 1.06. The molecule has 1 amide bonds. The van der Waals surface area contributed by atoms with Crippen molar-refractivity contribution in [3.63, 3.8) is 0 Å². The topological polar surface area (TPSA) is 71.3 Å². The van der Waals surface area contributed by atoms with Gasteiger partial charge in [-0.1, -0.05) is 35.8 Å². The van der Waals surface area contributed by atoms with Crippen molar-refractivity contribution in [2.75, 3.05) is 18.9 Å². The van der Waals surface area contributed by atoms with E-state index in [-0.39, 0.29) is 12.5 Å². The molecule has 0 fully saturated rings. The zero-order chi connectivity index (χ0) is 15.9. The number of hydrogen-bond donors (Lipinski definition) is 1. The van der Waals surface area contributed by atoms with Crippen LogP contribution in [0.2, 0.25) is 5.02 Å². The zero-order valence-electron chi connectivity index (χ0n) is 12.7. The highest BCUT2D eigenvalue weighted by Gasteiger charge is 2.12. The maximum atomic E-state index is 12.0. The van der Waals surface area contributed by atoms with Gasteiger partial charge in [-0.2, -0.15) is 4.98 Å². The van der Waals surface area contributed by atoms with Gasteiger partial charge in [0.15, 0.2) is 5.82 Å². The van der Waals surface area contributed by atoms with Gasteiger partial charge in [-0.3, -0.25) is 9.69 Å². The van der Waals surface area contributed by atoms with Crippen molar-refractivity contribution >= 4 is 23.2 Å². The van der Waals surface area contributed by atoms with Gasteiger partial charge in [-0.15, -0.1) is 0 Å². The number of anilines is 1. The molecule has 0 spiro atoms. The molecule has 0 bridgehead atoms. The number of carbonyl (C=O) groups excluding carboxylic acids is 1. The molecule has 7 heteroatoms. The van der Waals surface area contributed by atoms with Gasteiger partial charge in [-0.05, 0) is 25.6 Å². The summed E-state index contributed by atoms with van der Waals surface area (Å²) in [6.45, 7) is 2.69. The van der Waals surface area contributed by atoms with E-state index in [1.807, 2.05) is 19.2 Å². The number of hydrogen-bond acceptors (Lipinski definition) is 5. The number of halogens is 1. The smallest absolute Gasteiger partial charge is 0.240 e. The molecule has 1 heterocycles. The fourth-order valence-electron chi connectivity index (χ4n) is 1.96. The highest BCUT2D eigenvalue weighted by molar-refractivity contribution is 6.33. The predicted molar refractivity (Wildman–Crippen MR) is 84.7 cm³/mol. The first-order chi connectivity index (χ1) is 10.6. The Hall–Kier alpha value is -1.92. The van der Waals surface area contributed by atoms with Gasteiger partial charge in [0.25, 0.3) is 0 Å². The lowest BCUT2D eigenvalue weighted by Crippen LogP contribution is -2.30. The van der Waals surface area contributed by atoms with E-state index in [4.69, 9.17) is 16.1 Å². The Labute approximate surface area is 134 Å². The average molecular weight is 323 g/mol. The standard InChI is InChI=1S/C15H19ClN4O2/c1-3-6-13-18-15(22-19-13)10-20(2)9-14(21)17-12-8-5-4-7-11(12)16/h4-5,7-8H,3,6,9-10H2,1-2H3,(H,17,21). The van der Waals surface area contributed by atoms with Crippen LogP contribution in [0, 0.1) is 0 Å². The molecule has 118 valence electrons. The van der Waals surface area contributed by atoms with E-state index in [2.05, 4.69) is 22.4 Å². The summed E-state index contributed by atoms with van der Waals surface area (Å²) >= 11 is 6.01. The number of aryl methyl sites for hydroxylation is 1. The summed E-state index contributed by atoms with van der Waals surface area (Å²) in [5.41, 5.74) is 0.602. The van der Waals surface area contributed by atoms with Crippen LogP contribution in [0.3, 0.4) is 0 Å². The SMILES string of the molecule is CCCc1noc(CN(C)CC(=O)Nc2ccccc2Cl)n1. The molecule has 0 aliphatic rings. The molecule has 2 aromatic rings. The molecule has 6 nitrogen and oxygen atoms in total. The summed E-state index contributed by atoms with van der Waals surface area (Å²) in [7, 11) is 1.82. The van der Waals surface area contributed by atoms with Crippen LogP contribution in [0.25, 0.3) is 0 Å². The number of amides is 1. The number of nitrogens with zero attached hydrogens (tertiary/aromatic N) is 3. The van der Waals surface area contributed by atoms with Crippen LogP contribution >= 0.6 is 11.6 Å². The number of carbonyl (C=O) groups is 1. The number of rotatable bonds is 7. The van der Waals surface area contributed by atoms with Gasteiger partial charge in [0, 0.05) is 6.42 Å². The van der Waals surface area contributed by atoms with E-state index in [9.17, 15) is 4.79 Å². The lowest BCUT2D eigenvalue weighted by Gasteiger charge is -2.14. The molecule has 0 radical (unpaired) electrons. The van der Waals surface area contributed by atoms with Crippen LogP contribution in [-0.4, -0.2) is 34.5 Å². The Bertz CT molecular complexity index is 630. The molecule has 1 aromatic heterocycles. The normalized spacial score (nSPS) is 10.9. The van der Waals surface area contributed by atoms with Crippen LogP contribution in [-0.2, 0) is 17.8 Å². The second-order valence-electron chi connectivity index (χ2n) is 5.05. The van der Waals surface area contributed by atoms with E-state index >= 15 is 0 Å². The Morgan fingerprint density at radius 2 is 2.18 bits per heavy atom. The molecule has 22 heavy (non-hydrogen) atoms. The second-order valence-corrected chi connectivity index (χ2v) is 5.46. The van der Waals surface area contributed by atoms with Crippen molar-refractivity contribution in [1.29, 1.82) is 0 Å². The first-order valence-electron chi connectivity index (χ1n) is 7.13.